The maximum absolute atomic E-state index is 13.9. The van der Waals surface area contributed by atoms with E-state index in [1.807, 2.05) is 49.4 Å². The molecule has 0 unspecified atom stereocenters. The number of allylic oxidation sites excluding steroid dienone is 1. The van der Waals surface area contributed by atoms with E-state index in [0.29, 0.717) is 56.6 Å². The molecule has 0 aliphatic carbocycles. The van der Waals surface area contributed by atoms with Gasteiger partial charge < -0.3 is 18.9 Å². The normalized spacial score (nSPS) is 15.0. The molecule has 1 aliphatic rings. The first-order valence-electron chi connectivity index (χ1n) is 13.2. The van der Waals surface area contributed by atoms with Crippen molar-refractivity contribution in [1.29, 1.82) is 0 Å². The average Bonchev–Trinajstić information content (AvgIpc) is 3.23. The quantitative estimate of drug-likeness (QED) is 0.260. The Bertz CT molecular complexity index is 1550. The molecule has 1 aliphatic heterocycles. The van der Waals surface area contributed by atoms with Crippen LogP contribution in [0.2, 0.25) is 0 Å². The van der Waals surface area contributed by atoms with Crippen LogP contribution in [-0.4, -0.2) is 37.5 Å². The Morgan fingerprint density at radius 1 is 1.05 bits per heavy atom. The zero-order chi connectivity index (χ0) is 27.9. The van der Waals surface area contributed by atoms with E-state index in [1.165, 1.54) is 11.3 Å². The molecule has 0 amide bonds. The summed E-state index contributed by atoms with van der Waals surface area (Å²) in [4.78, 5) is 32.3. The van der Waals surface area contributed by atoms with Crippen molar-refractivity contribution >= 4 is 23.4 Å². The third kappa shape index (κ3) is 5.93. The summed E-state index contributed by atoms with van der Waals surface area (Å²) in [5, 5.41) is 0. The van der Waals surface area contributed by atoms with Gasteiger partial charge in [-0.1, -0.05) is 48.9 Å². The van der Waals surface area contributed by atoms with Crippen molar-refractivity contribution in [3.63, 3.8) is 0 Å². The van der Waals surface area contributed by atoms with Gasteiger partial charge in [0.2, 0.25) is 0 Å². The Balaban J connectivity index is 1.90. The van der Waals surface area contributed by atoms with E-state index in [-0.39, 0.29) is 12.2 Å². The Morgan fingerprint density at radius 2 is 1.85 bits per heavy atom. The number of carbonyl (C=O) groups is 1. The molecule has 4 rings (SSSR count). The first-order valence-corrected chi connectivity index (χ1v) is 14.0. The van der Waals surface area contributed by atoms with Crippen molar-refractivity contribution in [2.75, 3.05) is 26.9 Å². The van der Waals surface area contributed by atoms with Crippen LogP contribution in [0.1, 0.15) is 57.7 Å². The minimum atomic E-state index is -0.747. The average molecular weight is 551 g/mol. The number of unbranched alkanes of at least 4 members (excludes halogenated alkanes) is 1. The molecule has 1 aromatic heterocycles. The van der Waals surface area contributed by atoms with Crippen molar-refractivity contribution in [2.45, 2.75) is 46.6 Å². The highest BCUT2D eigenvalue weighted by Crippen LogP contribution is 2.36. The smallest absolute Gasteiger partial charge is 0.338 e. The number of hydrogen-bond donors (Lipinski definition) is 0. The van der Waals surface area contributed by atoms with Crippen LogP contribution in [0.25, 0.3) is 6.08 Å². The summed E-state index contributed by atoms with van der Waals surface area (Å²) in [6.45, 7) is 8.81. The van der Waals surface area contributed by atoms with Gasteiger partial charge in [0.15, 0.2) is 16.3 Å². The molecule has 206 valence electrons. The van der Waals surface area contributed by atoms with Crippen LogP contribution >= 0.6 is 11.3 Å². The van der Waals surface area contributed by atoms with Gasteiger partial charge in [0, 0.05) is 5.56 Å². The van der Waals surface area contributed by atoms with Crippen LogP contribution in [0.15, 0.2) is 63.5 Å². The fraction of sp³-hybridized carbons (Fsp3) is 0.367. The topological polar surface area (TPSA) is 88.4 Å². The van der Waals surface area contributed by atoms with Gasteiger partial charge in [0.05, 0.1) is 48.8 Å². The number of ether oxygens (including phenoxy) is 4. The van der Waals surface area contributed by atoms with Gasteiger partial charge in [-0.3, -0.25) is 9.36 Å². The van der Waals surface area contributed by atoms with Crippen LogP contribution in [0.4, 0.5) is 0 Å². The molecule has 8 nitrogen and oxygen atoms in total. The van der Waals surface area contributed by atoms with Gasteiger partial charge in [0.1, 0.15) is 5.75 Å². The zero-order valence-electron chi connectivity index (χ0n) is 23.0. The number of carbonyl (C=O) groups excluding carboxylic acids is 1. The summed E-state index contributed by atoms with van der Waals surface area (Å²) in [6.07, 6.45) is 3.74. The van der Waals surface area contributed by atoms with E-state index >= 15 is 0 Å². The first kappa shape index (κ1) is 28.2. The number of rotatable bonds is 11. The second-order valence-electron chi connectivity index (χ2n) is 8.89. The SMILES string of the molecule is CCCCOc1ccc([C@@H]2C(C(=O)OCC)=C(C)N=c3sc(=Cc4ccccc4OCC)c(=O)n32)cc1OC. The standard InChI is InChI=1S/C30H34N2O6S/c1-6-9-16-38-23-15-14-21(17-24(23)35-5)27-26(29(34)37-8-3)19(4)31-30-32(27)28(33)25(39-30)18-20-12-10-11-13-22(20)36-7-2/h10-15,17-18,27H,6-9,16H2,1-5H3/t27-/m1/s1. The predicted molar refractivity (Wildman–Crippen MR) is 151 cm³/mol. The number of hydrogen-bond acceptors (Lipinski definition) is 8. The maximum atomic E-state index is 13.9. The lowest BCUT2D eigenvalue weighted by Crippen LogP contribution is -2.40. The molecule has 39 heavy (non-hydrogen) atoms. The number of nitrogens with zero attached hydrogens (tertiary/aromatic N) is 2. The van der Waals surface area contributed by atoms with Gasteiger partial charge in [-0.15, -0.1) is 0 Å². The van der Waals surface area contributed by atoms with Crippen molar-refractivity contribution in [3.05, 3.63) is 84.5 Å². The lowest BCUT2D eigenvalue weighted by Gasteiger charge is -2.25. The summed E-state index contributed by atoms with van der Waals surface area (Å²) in [5.74, 6) is 1.30. The summed E-state index contributed by atoms with van der Waals surface area (Å²) >= 11 is 1.27. The summed E-state index contributed by atoms with van der Waals surface area (Å²) in [7, 11) is 1.57. The third-order valence-electron chi connectivity index (χ3n) is 6.28. The largest absolute Gasteiger partial charge is 0.493 e. The fourth-order valence-electron chi connectivity index (χ4n) is 4.43. The molecule has 2 aromatic carbocycles. The Morgan fingerprint density at radius 3 is 2.56 bits per heavy atom. The van der Waals surface area contributed by atoms with Crippen LogP contribution in [-0.2, 0) is 9.53 Å². The zero-order valence-corrected chi connectivity index (χ0v) is 23.8. The fourth-order valence-corrected chi connectivity index (χ4v) is 5.47. The molecular weight excluding hydrogens is 516 g/mol. The molecule has 2 heterocycles. The minimum absolute atomic E-state index is 0.203. The molecule has 0 radical (unpaired) electrons. The molecule has 0 N–H and O–H groups in total. The van der Waals surface area contributed by atoms with E-state index in [0.717, 1.165) is 18.4 Å². The van der Waals surface area contributed by atoms with E-state index in [9.17, 15) is 9.59 Å². The minimum Gasteiger partial charge on any atom is -0.493 e. The number of para-hydroxylation sites is 1. The van der Waals surface area contributed by atoms with E-state index in [4.69, 9.17) is 18.9 Å². The summed E-state index contributed by atoms with van der Waals surface area (Å²) < 4.78 is 24.7. The molecule has 1 atom stereocenters. The highest BCUT2D eigenvalue weighted by molar-refractivity contribution is 7.07. The number of fused-ring (bicyclic) bond motifs is 1. The molecule has 0 fully saturated rings. The van der Waals surface area contributed by atoms with E-state index < -0.39 is 12.0 Å². The molecule has 0 spiro atoms. The first-order chi connectivity index (χ1) is 18.9. The van der Waals surface area contributed by atoms with E-state index in [1.54, 1.807) is 31.6 Å². The number of methoxy groups -OCH3 is 1. The van der Waals surface area contributed by atoms with Crippen LogP contribution < -0.4 is 29.1 Å². The van der Waals surface area contributed by atoms with Gasteiger partial charge in [-0.2, -0.15) is 0 Å². The number of benzene rings is 2. The molecule has 0 saturated heterocycles. The second kappa shape index (κ2) is 12.8. The molecule has 9 heteroatoms. The van der Waals surface area contributed by atoms with E-state index in [2.05, 4.69) is 11.9 Å². The third-order valence-corrected chi connectivity index (χ3v) is 7.26. The van der Waals surface area contributed by atoms with Crippen molar-refractivity contribution in [1.82, 2.24) is 4.57 Å². The Hall–Kier alpha value is -3.85. The number of esters is 1. The molecule has 0 saturated carbocycles. The van der Waals surface area contributed by atoms with Gasteiger partial charge >= 0.3 is 5.97 Å². The molecular formula is C30H34N2O6S. The van der Waals surface area contributed by atoms with Crippen LogP contribution in [0, 0.1) is 0 Å². The number of thiazole rings is 1. The van der Waals surface area contributed by atoms with Crippen molar-refractivity contribution < 1.29 is 23.7 Å². The second-order valence-corrected chi connectivity index (χ2v) is 9.89. The van der Waals surface area contributed by atoms with Crippen molar-refractivity contribution in [2.24, 2.45) is 4.99 Å². The van der Waals surface area contributed by atoms with Gasteiger partial charge in [-0.25, -0.2) is 9.79 Å². The van der Waals surface area contributed by atoms with Gasteiger partial charge in [-0.05, 0) is 57.0 Å². The lowest BCUT2D eigenvalue weighted by atomic mass is 9.95. The molecule has 3 aromatic rings. The van der Waals surface area contributed by atoms with Crippen molar-refractivity contribution in [3.8, 4) is 17.2 Å². The lowest BCUT2D eigenvalue weighted by molar-refractivity contribution is -0.139. The highest BCUT2D eigenvalue weighted by atomic mass is 32.1. The van der Waals surface area contributed by atoms with Crippen LogP contribution in [0.3, 0.4) is 0 Å². The molecule has 0 bridgehead atoms. The summed E-state index contributed by atoms with van der Waals surface area (Å²) in [5.41, 5.74) is 2.04. The Labute approximate surface area is 231 Å². The highest BCUT2D eigenvalue weighted by Gasteiger charge is 2.34. The van der Waals surface area contributed by atoms with Crippen LogP contribution in [0.5, 0.6) is 17.2 Å². The van der Waals surface area contributed by atoms with Gasteiger partial charge in [0.25, 0.3) is 5.56 Å². The number of aromatic nitrogens is 1. The Kier molecular flexibility index (Phi) is 9.24. The predicted octanol–water partition coefficient (Wildman–Crippen LogP) is 4.38. The maximum Gasteiger partial charge on any atom is 0.338 e. The monoisotopic (exact) mass is 550 g/mol. The summed E-state index contributed by atoms with van der Waals surface area (Å²) in [6, 6.07) is 12.3.